The van der Waals surface area contributed by atoms with E-state index >= 15 is 0 Å². The molecule has 0 fully saturated rings. The van der Waals surface area contributed by atoms with Crippen molar-refractivity contribution in [1.29, 1.82) is 0 Å². The third-order valence-corrected chi connectivity index (χ3v) is 15.0. The highest BCUT2D eigenvalue weighted by Gasteiger charge is 2.31. The lowest BCUT2D eigenvalue weighted by molar-refractivity contribution is -0.142. The summed E-state index contributed by atoms with van der Waals surface area (Å²) in [4.78, 5) is 81.4. The number of nitrogens with two attached hydrogens (primary N) is 2. The number of carboxylic acid groups (broad SMARTS) is 1. The maximum Gasteiger partial charge on any atom is 0.469 e. The molecule has 9 N–H and O–H groups in total. The van der Waals surface area contributed by atoms with Gasteiger partial charge in [-0.1, -0.05) is 88.3 Å². The summed E-state index contributed by atoms with van der Waals surface area (Å²) in [6.07, 6.45) is -1.39. The van der Waals surface area contributed by atoms with E-state index < -0.39 is 51.1 Å². The number of carboxylic acids is 1. The van der Waals surface area contributed by atoms with Gasteiger partial charge in [0.15, 0.2) is 11.5 Å². The lowest BCUT2D eigenvalue weighted by Gasteiger charge is -2.25. The number of phosphoric acid groups is 1. The van der Waals surface area contributed by atoms with E-state index in [2.05, 4.69) is 25.1 Å². The molecular formula is C51H56N7O15PS2. The van der Waals surface area contributed by atoms with Crippen molar-refractivity contribution in [2.45, 2.75) is 43.4 Å². The van der Waals surface area contributed by atoms with Crippen molar-refractivity contribution in [3.63, 3.8) is 0 Å². The van der Waals surface area contributed by atoms with Gasteiger partial charge in [-0.15, -0.1) is 0 Å². The summed E-state index contributed by atoms with van der Waals surface area (Å²) >= 11 is 0. The van der Waals surface area contributed by atoms with Crippen LogP contribution in [0.15, 0.2) is 95.9 Å². The Labute approximate surface area is 444 Å². The van der Waals surface area contributed by atoms with Crippen LogP contribution in [0.1, 0.15) is 39.3 Å². The lowest BCUT2D eigenvalue weighted by atomic mass is 9.98. The van der Waals surface area contributed by atoms with Gasteiger partial charge in [0.05, 0.1) is 52.3 Å². The number of benzene rings is 5. The SMILES string of the molecule is COc1cc(N(Cc2ccc3nc(N)nc(N)c3c2C)C(=O)OCc2ccc(SSCC(NC(=O)OCC3c4ccccc4-c4ccccc43)C(=O)NCCOP(=O)(O)O)c(CCOCC(=O)O)c2)cc(OC)c1OC. The average Bonchev–Trinajstić information content (AvgIpc) is 3.71. The summed E-state index contributed by atoms with van der Waals surface area (Å²) < 4.78 is 49.6. The van der Waals surface area contributed by atoms with Crippen LogP contribution in [-0.2, 0) is 52.5 Å². The molecule has 0 bridgehead atoms. The highest BCUT2D eigenvalue weighted by atomic mass is 33.1. The number of rotatable bonds is 25. The van der Waals surface area contributed by atoms with Gasteiger partial charge in [-0.3, -0.25) is 14.2 Å². The second-order valence-corrected chi connectivity index (χ2v) is 20.5. The molecule has 22 nitrogen and oxygen atoms in total. The number of carbonyl (C=O) groups excluding carboxylic acids is 3. The number of anilines is 3. The fourth-order valence-corrected chi connectivity index (χ4v) is 11.2. The first-order valence-electron chi connectivity index (χ1n) is 23.3. The number of aromatic nitrogens is 2. The van der Waals surface area contributed by atoms with Crippen LogP contribution in [0.3, 0.4) is 0 Å². The Hall–Kier alpha value is -7.31. The van der Waals surface area contributed by atoms with Crippen LogP contribution in [-0.4, -0.2) is 115 Å². The van der Waals surface area contributed by atoms with E-state index in [4.69, 9.17) is 49.7 Å². The highest BCUT2D eigenvalue weighted by molar-refractivity contribution is 8.76. The van der Waals surface area contributed by atoms with Gasteiger partial charge in [0.25, 0.3) is 0 Å². The number of fused-ring (bicyclic) bond motifs is 4. The van der Waals surface area contributed by atoms with Gasteiger partial charge in [-0.05, 0) is 70.0 Å². The molecule has 0 radical (unpaired) electrons. The van der Waals surface area contributed by atoms with E-state index in [0.29, 0.717) is 49.5 Å². The monoisotopic (exact) mass is 1100 g/mol. The van der Waals surface area contributed by atoms with E-state index in [9.17, 15) is 28.8 Å². The molecule has 6 aromatic rings. The molecule has 1 heterocycles. The Morgan fingerprint density at radius 1 is 0.842 bits per heavy atom. The summed E-state index contributed by atoms with van der Waals surface area (Å²) in [5.74, 6) is -1.02. The van der Waals surface area contributed by atoms with Gasteiger partial charge in [-0.25, -0.2) is 23.9 Å². The average molecular weight is 1100 g/mol. The second kappa shape index (κ2) is 26.0. The van der Waals surface area contributed by atoms with Crippen LogP contribution in [0.5, 0.6) is 17.2 Å². The smallest absolute Gasteiger partial charge is 0.469 e. The van der Waals surface area contributed by atoms with Crippen molar-refractivity contribution < 1.29 is 71.6 Å². The van der Waals surface area contributed by atoms with Crippen molar-refractivity contribution in [3.05, 3.63) is 124 Å². The van der Waals surface area contributed by atoms with Gasteiger partial charge in [0.2, 0.25) is 17.6 Å². The molecule has 0 spiro atoms. The number of aryl methyl sites for hydroxylation is 1. The number of nitrogen functional groups attached to an aromatic ring is 2. The van der Waals surface area contributed by atoms with Crippen molar-refractivity contribution in [3.8, 4) is 28.4 Å². The number of nitrogens with one attached hydrogen (secondary N) is 2. The van der Waals surface area contributed by atoms with Crippen LogP contribution < -0.4 is 41.2 Å². The van der Waals surface area contributed by atoms with Crippen LogP contribution >= 0.6 is 29.4 Å². The highest BCUT2D eigenvalue weighted by Crippen LogP contribution is 2.45. The molecule has 76 heavy (non-hydrogen) atoms. The Morgan fingerprint density at radius 3 is 2.17 bits per heavy atom. The zero-order chi connectivity index (χ0) is 54.5. The topological polar surface area (TPSA) is 316 Å². The Bertz CT molecular complexity index is 3080. The summed E-state index contributed by atoms with van der Waals surface area (Å²) in [5.41, 5.74) is 19.7. The van der Waals surface area contributed by atoms with Gasteiger partial charge < -0.3 is 65.4 Å². The van der Waals surface area contributed by atoms with E-state index in [1.54, 1.807) is 42.5 Å². The number of carbonyl (C=O) groups is 4. The molecule has 0 aliphatic heterocycles. The zero-order valence-electron chi connectivity index (χ0n) is 41.7. The fourth-order valence-electron chi connectivity index (χ4n) is 8.47. The van der Waals surface area contributed by atoms with Crippen molar-refractivity contribution >= 4 is 81.8 Å². The number of hydrogen-bond acceptors (Lipinski definition) is 18. The Morgan fingerprint density at radius 2 is 1.53 bits per heavy atom. The van der Waals surface area contributed by atoms with Crippen LogP contribution in [0.25, 0.3) is 22.0 Å². The number of methoxy groups -OCH3 is 3. The van der Waals surface area contributed by atoms with Gasteiger partial charge >= 0.3 is 26.0 Å². The zero-order valence-corrected chi connectivity index (χ0v) is 44.2. The third-order valence-electron chi connectivity index (χ3n) is 12.0. The number of nitrogens with zero attached hydrogens (tertiary/aromatic N) is 3. The third kappa shape index (κ3) is 14.3. The van der Waals surface area contributed by atoms with Crippen molar-refractivity contribution in [2.24, 2.45) is 0 Å². The first-order valence-corrected chi connectivity index (χ1v) is 27.2. The summed E-state index contributed by atoms with van der Waals surface area (Å²) in [5, 5.41) is 15.0. The van der Waals surface area contributed by atoms with E-state index in [1.807, 2.05) is 55.5 Å². The summed E-state index contributed by atoms with van der Waals surface area (Å²) in [6.45, 7) is 0.287. The number of ether oxygens (including phenoxy) is 6. The predicted octanol–water partition coefficient (Wildman–Crippen LogP) is 6.99. The molecule has 7 rings (SSSR count). The number of hydrogen-bond donors (Lipinski definition) is 7. The first kappa shape index (κ1) is 56.4. The number of alkyl carbamates (subject to hydrolysis) is 1. The van der Waals surface area contributed by atoms with Crippen LogP contribution in [0, 0.1) is 6.92 Å². The van der Waals surface area contributed by atoms with Crippen LogP contribution in [0.2, 0.25) is 0 Å². The van der Waals surface area contributed by atoms with Gasteiger partial charge in [0.1, 0.15) is 31.7 Å². The van der Waals surface area contributed by atoms with Gasteiger partial charge in [-0.2, -0.15) is 4.98 Å². The standard InChI is InChI=1S/C51H56N7O15PS2/c1-29-32(14-15-39-45(29)47(52)57-49(53)55-39)24-58(33-22-41(67-2)46(69-4)42(23-33)68-3)51(63)72-25-30-13-16-43(31(21-30)17-19-70-27-44(59)60)76-75-28-40(48(61)54-18-20-73-74(64,65)66)56-50(62)71-26-38-36-11-7-5-9-34(36)35-10-6-8-12-37(35)38/h5-16,21-23,38,40H,17-20,24-28H2,1-4H3,(H,54,61)(H,56,62)(H,59,60)(H2,64,65,66)(H4,52,53,55,57). The minimum Gasteiger partial charge on any atom is -0.493 e. The molecular weight excluding hydrogens is 1050 g/mol. The second-order valence-electron chi connectivity index (χ2n) is 16.9. The van der Waals surface area contributed by atoms with Crippen molar-refractivity contribution in [2.75, 3.05) is 76.4 Å². The molecule has 1 aliphatic rings. The minimum atomic E-state index is -4.81. The van der Waals surface area contributed by atoms with E-state index in [-0.39, 0.29) is 74.3 Å². The molecule has 25 heteroatoms. The lowest BCUT2D eigenvalue weighted by Crippen LogP contribution is -2.49. The number of phosphoric ester groups is 1. The van der Waals surface area contributed by atoms with Crippen LogP contribution in [0.4, 0.5) is 27.0 Å². The normalized spacial score (nSPS) is 12.3. The molecule has 5 aromatic carbocycles. The molecule has 0 saturated carbocycles. The molecule has 1 unspecified atom stereocenters. The largest absolute Gasteiger partial charge is 0.493 e. The first-order chi connectivity index (χ1) is 36.5. The molecule has 0 saturated heterocycles. The maximum absolute atomic E-state index is 14.4. The van der Waals surface area contributed by atoms with Gasteiger partial charge in [0, 0.05) is 40.6 Å². The number of amides is 3. The predicted molar refractivity (Wildman–Crippen MR) is 285 cm³/mol. The van der Waals surface area contributed by atoms with E-state index in [1.165, 1.54) is 47.8 Å². The Balaban J connectivity index is 1.08. The summed E-state index contributed by atoms with van der Waals surface area (Å²) in [7, 11) is 2.01. The molecule has 1 aliphatic carbocycles. The molecule has 402 valence electrons. The van der Waals surface area contributed by atoms with Crippen molar-refractivity contribution in [1.82, 2.24) is 20.6 Å². The number of aliphatic carboxylic acids is 1. The fraction of sp³-hybridized carbons (Fsp3) is 0.294. The Kier molecular flexibility index (Phi) is 19.3. The van der Waals surface area contributed by atoms with E-state index in [0.717, 1.165) is 22.3 Å². The molecule has 3 amide bonds. The quantitative estimate of drug-likeness (QED) is 0.0172. The molecule has 1 atom stereocenters. The summed E-state index contributed by atoms with van der Waals surface area (Å²) in [6, 6.07) is 26.5. The minimum absolute atomic E-state index is 0.0149. The maximum atomic E-state index is 14.4. The molecule has 1 aromatic heterocycles.